The molecule has 1 aromatic carbocycles. The van der Waals surface area contributed by atoms with Gasteiger partial charge in [0.1, 0.15) is 0 Å². The van der Waals surface area contributed by atoms with Gasteiger partial charge in [-0.25, -0.2) is 25.9 Å². The van der Waals surface area contributed by atoms with Crippen molar-refractivity contribution < 1.29 is 21.6 Å². The maximum Gasteiger partial charge on any atom is 0.242 e. The van der Waals surface area contributed by atoms with Crippen molar-refractivity contribution in [3.63, 3.8) is 0 Å². The number of carbonyl (C=O) groups is 1. The van der Waals surface area contributed by atoms with Crippen molar-refractivity contribution in [2.24, 2.45) is 0 Å². The minimum absolute atomic E-state index is 0.0601. The van der Waals surface area contributed by atoms with E-state index in [4.69, 9.17) is 0 Å². The molecule has 0 radical (unpaired) electrons. The average molecular weight is 360 g/mol. The van der Waals surface area contributed by atoms with Crippen LogP contribution in [0.2, 0.25) is 0 Å². The van der Waals surface area contributed by atoms with Crippen LogP contribution in [0.15, 0.2) is 17.0 Å². The molecule has 1 aliphatic heterocycles. The number of nitrogens with zero attached hydrogens (tertiary/aromatic N) is 1. The highest BCUT2D eigenvalue weighted by atomic mass is 32.2. The molecule has 1 aliphatic rings. The number of benzene rings is 1. The van der Waals surface area contributed by atoms with Gasteiger partial charge in [0.2, 0.25) is 26.0 Å². The summed E-state index contributed by atoms with van der Waals surface area (Å²) in [4.78, 5) is 12.0. The third-order valence-corrected chi connectivity index (χ3v) is 7.07. The summed E-state index contributed by atoms with van der Waals surface area (Å²) in [5, 5.41) is 0. The van der Waals surface area contributed by atoms with Crippen LogP contribution in [0.1, 0.15) is 31.4 Å². The van der Waals surface area contributed by atoms with Gasteiger partial charge in [-0.15, -0.1) is 0 Å². The van der Waals surface area contributed by atoms with Gasteiger partial charge >= 0.3 is 0 Å². The van der Waals surface area contributed by atoms with Gasteiger partial charge in [0, 0.05) is 12.5 Å². The summed E-state index contributed by atoms with van der Waals surface area (Å²) >= 11 is 0. The molecule has 0 spiro atoms. The Hall–Kier alpha value is -1.45. The summed E-state index contributed by atoms with van der Waals surface area (Å²) in [6.45, 7) is 6.59. The Bertz CT molecular complexity index is 834. The van der Waals surface area contributed by atoms with Crippen molar-refractivity contribution in [3.8, 4) is 0 Å². The second-order valence-electron chi connectivity index (χ2n) is 5.91. The number of nitrogens with one attached hydrogen (secondary N) is 1. The first-order chi connectivity index (χ1) is 10.5. The van der Waals surface area contributed by atoms with Gasteiger partial charge in [-0.2, -0.15) is 0 Å². The molecular weight excluding hydrogens is 340 g/mol. The Morgan fingerprint density at radius 2 is 1.70 bits per heavy atom. The van der Waals surface area contributed by atoms with E-state index in [9.17, 15) is 21.6 Å². The van der Waals surface area contributed by atoms with E-state index in [0.29, 0.717) is 11.1 Å². The molecular formula is C14H20N2O5S2. The summed E-state index contributed by atoms with van der Waals surface area (Å²) in [6.07, 6.45) is -0.0601. The highest BCUT2D eigenvalue weighted by Crippen LogP contribution is 2.31. The maximum atomic E-state index is 12.4. The lowest BCUT2D eigenvalue weighted by Gasteiger charge is -2.19. The fourth-order valence-corrected chi connectivity index (χ4v) is 5.85. The molecule has 1 amide bonds. The minimum atomic E-state index is -3.71. The lowest BCUT2D eigenvalue weighted by atomic mass is 10.1. The summed E-state index contributed by atoms with van der Waals surface area (Å²) in [7, 11) is -7.38. The molecule has 7 nitrogen and oxygen atoms in total. The van der Waals surface area contributed by atoms with Crippen molar-refractivity contribution in [1.82, 2.24) is 4.72 Å². The van der Waals surface area contributed by atoms with Gasteiger partial charge in [-0.05, 0) is 51.0 Å². The Balaban J connectivity index is 2.57. The minimum Gasteiger partial charge on any atom is -0.273 e. The number of carbonyl (C=O) groups excluding carboxylic acids is 1. The Labute approximate surface area is 136 Å². The zero-order valence-electron chi connectivity index (χ0n) is 13.5. The molecule has 0 aliphatic carbocycles. The van der Waals surface area contributed by atoms with Crippen LogP contribution in [0.5, 0.6) is 0 Å². The molecule has 0 saturated carbocycles. The molecule has 1 fully saturated rings. The normalized spacial score (nSPS) is 18.0. The first-order valence-corrected chi connectivity index (χ1v) is 10.2. The van der Waals surface area contributed by atoms with E-state index in [-0.39, 0.29) is 28.8 Å². The van der Waals surface area contributed by atoms with Crippen LogP contribution < -0.4 is 9.03 Å². The van der Waals surface area contributed by atoms with Crippen LogP contribution in [-0.2, 0) is 24.8 Å². The van der Waals surface area contributed by atoms with Crippen molar-refractivity contribution in [2.45, 2.75) is 45.1 Å². The van der Waals surface area contributed by atoms with Crippen LogP contribution in [0, 0.1) is 13.8 Å². The Morgan fingerprint density at radius 3 is 2.09 bits per heavy atom. The third-order valence-electron chi connectivity index (χ3n) is 3.42. The number of aryl methyl sites for hydroxylation is 2. The lowest BCUT2D eigenvalue weighted by molar-refractivity contribution is -0.116. The first-order valence-electron chi connectivity index (χ1n) is 7.15. The van der Waals surface area contributed by atoms with E-state index < -0.39 is 26.0 Å². The number of hydrogen-bond acceptors (Lipinski definition) is 5. The van der Waals surface area contributed by atoms with E-state index in [0.717, 1.165) is 4.31 Å². The number of amides is 1. The fraction of sp³-hybridized carbons (Fsp3) is 0.500. The van der Waals surface area contributed by atoms with E-state index in [2.05, 4.69) is 4.72 Å². The monoisotopic (exact) mass is 360 g/mol. The standard InChI is InChI=1S/C14H20N2O5S2/c1-9(2)15-23(20,21)14-10(3)7-12(8-11(14)4)16-13(17)5-6-22(16,18)19/h7-9,15H,5-6H2,1-4H3. The largest absolute Gasteiger partial charge is 0.273 e. The SMILES string of the molecule is Cc1cc(N2C(=O)CCS2(=O)=O)cc(C)c1S(=O)(=O)NC(C)C. The van der Waals surface area contributed by atoms with Crippen molar-refractivity contribution in [3.05, 3.63) is 23.3 Å². The molecule has 1 saturated heterocycles. The lowest BCUT2D eigenvalue weighted by Crippen LogP contribution is -2.32. The van der Waals surface area contributed by atoms with Crippen LogP contribution in [0.25, 0.3) is 0 Å². The van der Waals surface area contributed by atoms with Gasteiger partial charge in [-0.1, -0.05) is 0 Å². The second kappa shape index (κ2) is 5.88. The molecule has 0 bridgehead atoms. The van der Waals surface area contributed by atoms with Crippen LogP contribution >= 0.6 is 0 Å². The highest BCUT2D eigenvalue weighted by Gasteiger charge is 2.37. The van der Waals surface area contributed by atoms with Crippen molar-refractivity contribution >= 4 is 31.6 Å². The smallest absolute Gasteiger partial charge is 0.242 e. The van der Waals surface area contributed by atoms with Gasteiger partial charge < -0.3 is 0 Å². The first kappa shape index (κ1) is 17.9. The summed E-state index contributed by atoms with van der Waals surface area (Å²) in [6, 6.07) is 2.57. The predicted molar refractivity (Wildman–Crippen MR) is 87.3 cm³/mol. The zero-order chi connectivity index (χ0) is 17.6. The summed E-state index contributed by atoms with van der Waals surface area (Å²) in [5.74, 6) is -0.724. The number of rotatable bonds is 4. The van der Waals surface area contributed by atoms with Crippen LogP contribution in [0.4, 0.5) is 5.69 Å². The molecule has 9 heteroatoms. The van der Waals surface area contributed by atoms with Gasteiger partial charge in [0.15, 0.2) is 0 Å². The van der Waals surface area contributed by atoms with E-state index in [1.807, 2.05) is 0 Å². The van der Waals surface area contributed by atoms with Gasteiger partial charge in [-0.3, -0.25) is 4.79 Å². The van der Waals surface area contributed by atoms with E-state index in [1.165, 1.54) is 12.1 Å². The van der Waals surface area contributed by atoms with Crippen molar-refractivity contribution in [1.29, 1.82) is 0 Å². The fourth-order valence-electron chi connectivity index (χ4n) is 2.71. The molecule has 0 aromatic heterocycles. The van der Waals surface area contributed by atoms with Gasteiger partial charge in [0.05, 0.1) is 16.3 Å². The molecule has 1 heterocycles. The molecule has 128 valence electrons. The average Bonchev–Trinajstić information content (AvgIpc) is 2.59. The molecule has 0 atom stereocenters. The Morgan fingerprint density at radius 1 is 1.17 bits per heavy atom. The quantitative estimate of drug-likeness (QED) is 0.865. The molecule has 2 rings (SSSR count). The number of sulfonamides is 2. The second-order valence-corrected chi connectivity index (χ2v) is 9.50. The van der Waals surface area contributed by atoms with E-state index >= 15 is 0 Å². The molecule has 1 N–H and O–H groups in total. The number of anilines is 1. The predicted octanol–water partition coefficient (Wildman–Crippen LogP) is 1.06. The summed E-state index contributed by atoms with van der Waals surface area (Å²) in [5.41, 5.74) is 0.970. The topological polar surface area (TPSA) is 101 Å². The molecule has 23 heavy (non-hydrogen) atoms. The molecule has 0 unspecified atom stereocenters. The highest BCUT2D eigenvalue weighted by molar-refractivity contribution is 7.94. The van der Waals surface area contributed by atoms with Crippen LogP contribution in [-0.4, -0.2) is 34.5 Å². The van der Waals surface area contributed by atoms with Crippen LogP contribution in [0.3, 0.4) is 0 Å². The summed E-state index contributed by atoms with van der Waals surface area (Å²) < 4.78 is 52.1. The van der Waals surface area contributed by atoms with Crippen molar-refractivity contribution in [2.75, 3.05) is 10.1 Å². The maximum absolute atomic E-state index is 12.4. The zero-order valence-corrected chi connectivity index (χ0v) is 15.1. The number of hydrogen-bond donors (Lipinski definition) is 1. The third kappa shape index (κ3) is 3.41. The van der Waals surface area contributed by atoms with E-state index in [1.54, 1.807) is 27.7 Å². The van der Waals surface area contributed by atoms with Gasteiger partial charge in [0.25, 0.3) is 0 Å². The Kier molecular flexibility index (Phi) is 4.57. The molecule has 1 aromatic rings.